The average Bonchev–Trinajstić information content (AvgIpc) is 2.66. The summed E-state index contributed by atoms with van der Waals surface area (Å²) in [6.07, 6.45) is 0.873. The zero-order valence-corrected chi connectivity index (χ0v) is 16.3. The van der Waals surface area contributed by atoms with Crippen LogP contribution in [0.3, 0.4) is 0 Å². The summed E-state index contributed by atoms with van der Waals surface area (Å²) < 4.78 is 5.18. The second kappa shape index (κ2) is 9.24. The fourth-order valence-electron chi connectivity index (χ4n) is 2.69. The zero-order chi connectivity index (χ0) is 19.1. The second-order valence-electron chi connectivity index (χ2n) is 6.23. The summed E-state index contributed by atoms with van der Waals surface area (Å²) in [5.41, 5.74) is 3.24. The van der Waals surface area contributed by atoms with Gasteiger partial charge in [-0.1, -0.05) is 35.9 Å². The molecule has 0 saturated heterocycles. The smallest absolute Gasteiger partial charge is 0.225 e. The van der Waals surface area contributed by atoms with Crippen LogP contribution in [-0.2, 0) is 13.0 Å². The third-order valence-corrected chi connectivity index (χ3v) is 4.31. The molecule has 0 saturated carbocycles. The molecule has 0 bridgehead atoms. The van der Waals surface area contributed by atoms with E-state index in [2.05, 4.69) is 26.7 Å². The summed E-state index contributed by atoms with van der Waals surface area (Å²) in [7, 11) is 1.66. The van der Waals surface area contributed by atoms with E-state index in [0.717, 1.165) is 40.8 Å². The number of benzene rings is 2. The van der Waals surface area contributed by atoms with Gasteiger partial charge in [0.25, 0.3) is 0 Å². The highest BCUT2D eigenvalue weighted by molar-refractivity contribution is 6.30. The van der Waals surface area contributed by atoms with Gasteiger partial charge in [0, 0.05) is 29.9 Å². The summed E-state index contributed by atoms with van der Waals surface area (Å²) in [5.74, 6) is 2.26. The Labute approximate surface area is 164 Å². The Morgan fingerprint density at radius 3 is 2.52 bits per heavy atom. The minimum Gasteiger partial charge on any atom is -0.497 e. The predicted molar refractivity (Wildman–Crippen MR) is 111 cm³/mol. The number of aromatic nitrogens is 2. The molecule has 0 fully saturated rings. The minimum absolute atomic E-state index is 0.607. The number of hydrogen-bond donors (Lipinski definition) is 2. The van der Waals surface area contributed by atoms with Crippen LogP contribution in [-0.4, -0.2) is 23.6 Å². The van der Waals surface area contributed by atoms with E-state index in [1.165, 1.54) is 5.56 Å². The van der Waals surface area contributed by atoms with Gasteiger partial charge in [0.15, 0.2) is 0 Å². The number of halogens is 1. The van der Waals surface area contributed by atoms with Crippen LogP contribution < -0.4 is 15.4 Å². The Kier molecular flexibility index (Phi) is 6.49. The molecule has 0 aliphatic rings. The highest BCUT2D eigenvalue weighted by atomic mass is 35.5. The molecule has 3 rings (SSSR count). The fraction of sp³-hybridized carbons (Fsp3) is 0.238. The lowest BCUT2D eigenvalue weighted by Gasteiger charge is -2.10. The van der Waals surface area contributed by atoms with Crippen LogP contribution in [0, 0.1) is 6.92 Å². The summed E-state index contributed by atoms with van der Waals surface area (Å²) in [6, 6.07) is 17.8. The maximum absolute atomic E-state index is 6.03. The molecular weight excluding hydrogens is 360 g/mol. The van der Waals surface area contributed by atoms with Crippen molar-refractivity contribution in [3.05, 3.63) is 76.4 Å². The molecule has 0 aliphatic heterocycles. The van der Waals surface area contributed by atoms with Gasteiger partial charge in [-0.3, -0.25) is 0 Å². The van der Waals surface area contributed by atoms with Crippen LogP contribution in [0.25, 0.3) is 0 Å². The van der Waals surface area contributed by atoms with Gasteiger partial charge < -0.3 is 15.4 Å². The van der Waals surface area contributed by atoms with Crippen molar-refractivity contribution < 1.29 is 4.74 Å². The second-order valence-corrected chi connectivity index (χ2v) is 6.66. The number of methoxy groups -OCH3 is 1. The number of ether oxygens (including phenoxy) is 1. The highest BCUT2D eigenvalue weighted by Crippen LogP contribution is 2.15. The van der Waals surface area contributed by atoms with Crippen molar-refractivity contribution >= 4 is 23.4 Å². The van der Waals surface area contributed by atoms with E-state index in [0.29, 0.717) is 12.5 Å². The molecule has 0 amide bonds. The van der Waals surface area contributed by atoms with Gasteiger partial charge in [-0.2, -0.15) is 4.98 Å². The van der Waals surface area contributed by atoms with Crippen molar-refractivity contribution in [1.29, 1.82) is 0 Å². The van der Waals surface area contributed by atoms with Crippen molar-refractivity contribution in [3.8, 4) is 5.75 Å². The molecule has 3 aromatic rings. The molecule has 0 spiro atoms. The third kappa shape index (κ3) is 5.86. The minimum atomic E-state index is 0.607. The topological polar surface area (TPSA) is 59.1 Å². The first-order valence-corrected chi connectivity index (χ1v) is 9.21. The van der Waals surface area contributed by atoms with Crippen molar-refractivity contribution in [3.63, 3.8) is 0 Å². The van der Waals surface area contributed by atoms with Crippen LogP contribution in [0.4, 0.5) is 11.8 Å². The summed E-state index contributed by atoms with van der Waals surface area (Å²) in [4.78, 5) is 9.00. The van der Waals surface area contributed by atoms with Crippen LogP contribution in [0.5, 0.6) is 5.75 Å². The number of nitrogens with one attached hydrogen (secondary N) is 2. The van der Waals surface area contributed by atoms with E-state index < -0.39 is 0 Å². The molecule has 1 aromatic heterocycles. The van der Waals surface area contributed by atoms with E-state index in [4.69, 9.17) is 16.3 Å². The monoisotopic (exact) mass is 382 g/mol. The summed E-state index contributed by atoms with van der Waals surface area (Å²) >= 11 is 6.03. The largest absolute Gasteiger partial charge is 0.497 e. The van der Waals surface area contributed by atoms with Crippen molar-refractivity contribution in [1.82, 2.24) is 9.97 Å². The van der Waals surface area contributed by atoms with Crippen molar-refractivity contribution in [2.75, 3.05) is 24.3 Å². The standard InChI is InChI=1S/C21H23ClN4O/c1-15-12-20(23-11-10-16-4-3-5-18(22)13-16)26-21(25-15)24-14-17-6-8-19(27-2)9-7-17/h3-9,12-13H,10-11,14H2,1-2H3,(H2,23,24,25,26). The van der Waals surface area contributed by atoms with Gasteiger partial charge in [-0.15, -0.1) is 0 Å². The predicted octanol–water partition coefficient (Wildman–Crippen LogP) is 4.71. The van der Waals surface area contributed by atoms with E-state index in [1.807, 2.05) is 55.5 Å². The maximum atomic E-state index is 6.03. The molecule has 6 heteroatoms. The lowest BCUT2D eigenvalue weighted by molar-refractivity contribution is 0.414. The molecule has 5 nitrogen and oxygen atoms in total. The normalized spacial score (nSPS) is 10.5. The molecule has 0 unspecified atom stereocenters. The SMILES string of the molecule is COc1ccc(CNc2nc(C)cc(NCCc3cccc(Cl)c3)n2)cc1. The lowest BCUT2D eigenvalue weighted by Crippen LogP contribution is -2.10. The summed E-state index contributed by atoms with van der Waals surface area (Å²) in [6.45, 7) is 3.38. The maximum Gasteiger partial charge on any atom is 0.225 e. The number of aryl methyl sites for hydroxylation is 1. The van der Waals surface area contributed by atoms with E-state index >= 15 is 0 Å². The van der Waals surface area contributed by atoms with Gasteiger partial charge in [-0.25, -0.2) is 4.98 Å². The molecule has 0 aliphatic carbocycles. The molecule has 2 aromatic carbocycles. The lowest BCUT2D eigenvalue weighted by atomic mass is 10.1. The van der Waals surface area contributed by atoms with Crippen LogP contribution >= 0.6 is 11.6 Å². The van der Waals surface area contributed by atoms with E-state index in [9.17, 15) is 0 Å². The van der Waals surface area contributed by atoms with Crippen LogP contribution in [0.15, 0.2) is 54.6 Å². The number of anilines is 2. The van der Waals surface area contributed by atoms with Crippen molar-refractivity contribution in [2.24, 2.45) is 0 Å². The molecule has 1 heterocycles. The quantitative estimate of drug-likeness (QED) is 0.590. The first-order valence-electron chi connectivity index (χ1n) is 8.83. The van der Waals surface area contributed by atoms with Gasteiger partial charge in [0.05, 0.1) is 7.11 Å². The van der Waals surface area contributed by atoms with E-state index in [-0.39, 0.29) is 0 Å². The molecular formula is C21H23ClN4O. The number of rotatable bonds is 8. The zero-order valence-electron chi connectivity index (χ0n) is 15.5. The van der Waals surface area contributed by atoms with Gasteiger partial charge in [-0.05, 0) is 48.7 Å². The number of nitrogens with zero attached hydrogens (tertiary/aromatic N) is 2. The van der Waals surface area contributed by atoms with Gasteiger partial charge in [0.2, 0.25) is 5.95 Å². The number of hydrogen-bond acceptors (Lipinski definition) is 5. The first kappa shape index (κ1) is 19.0. The highest BCUT2D eigenvalue weighted by Gasteiger charge is 2.03. The molecule has 2 N–H and O–H groups in total. The Morgan fingerprint density at radius 1 is 0.963 bits per heavy atom. The van der Waals surface area contributed by atoms with Gasteiger partial charge >= 0.3 is 0 Å². The van der Waals surface area contributed by atoms with Crippen LogP contribution in [0.2, 0.25) is 5.02 Å². The Morgan fingerprint density at radius 2 is 1.78 bits per heavy atom. The summed E-state index contributed by atoms with van der Waals surface area (Å²) in [5, 5.41) is 7.39. The molecule has 140 valence electrons. The molecule has 0 radical (unpaired) electrons. The first-order chi connectivity index (χ1) is 13.1. The van der Waals surface area contributed by atoms with Crippen LogP contribution in [0.1, 0.15) is 16.8 Å². The van der Waals surface area contributed by atoms with Gasteiger partial charge in [0.1, 0.15) is 11.6 Å². The van der Waals surface area contributed by atoms with E-state index in [1.54, 1.807) is 7.11 Å². The third-order valence-electron chi connectivity index (χ3n) is 4.07. The Bertz CT molecular complexity index is 884. The molecule has 0 atom stereocenters. The molecule has 27 heavy (non-hydrogen) atoms. The fourth-order valence-corrected chi connectivity index (χ4v) is 2.90. The van der Waals surface area contributed by atoms with Crippen molar-refractivity contribution in [2.45, 2.75) is 19.9 Å². The average molecular weight is 383 g/mol. The Hall–Kier alpha value is -2.79. The Balaban J connectivity index is 1.56.